The molecular weight excluding hydrogens is 363 g/mol. The van der Waals surface area contributed by atoms with Crippen LogP contribution in [0.3, 0.4) is 0 Å². The molecule has 0 unspecified atom stereocenters. The summed E-state index contributed by atoms with van der Waals surface area (Å²) in [6.45, 7) is 1.57. The van der Waals surface area contributed by atoms with Crippen molar-refractivity contribution >= 4 is 39.9 Å². The van der Waals surface area contributed by atoms with Gasteiger partial charge in [-0.3, -0.25) is 4.79 Å². The van der Waals surface area contributed by atoms with Gasteiger partial charge in [0.25, 0.3) is 5.91 Å². The largest absolute Gasteiger partial charge is 0.371 e. The van der Waals surface area contributed by atoms with E-state index in [1.807, 2.05) is 47.4 Å². The van der Waals surface area contributed by atoms with Gasteiger partial charge in [-0.15, -0.1) is 0 Å². The molecule has 0 aromatic heterocycles. The van der Waals surface area contributed by atoms with Crippen molar-refractivity contribution < 1.29 is 4.79 Å². The summed E-state index contributed by atoms with van der Waals surface area (Å²) in [6.07, 6.45) is 0. The molecule has 0 radical (unpaired) electrons. The second kappa shape index (κ2) is 5.44. The third-order valence-corrected chi connectivity index (χ3v) is 4.23. The highest BCUT2D eigenvalue weighted by atomic mass is 127. The van der Waals surface area contributed by atoms with E-state index >= 15 is 0 Å². The zero-order valence-corrected chi connectivity index (χ0v) is 13.4. The van der Waals surface area contributed by atoms with Gasteiger partial charge in [0.05, 0.1) is 11.4 Å². The quantitative estimate of drug-likeness (QED) is 0.711. The summed E-state index contributed by atoms with van der Waals surface area (Å²) in [6, 6.07) is 15.8. The normalized spacial score (nSPS) is 14.1. The van der Waals surface area contributed by atoms with Crippen LogP contribution in [0, 0.1) is 3.57 Å². The molecule has 1 amide bonds. The number of carbonyl (C=O) groups excluding carboxylic acids is 1. The topological polar surface area (TPSA) is 23.6 Å². The predicted octanol–water partition coefficient (Wildman–Crippen LogP) is 3.39. The van der Waals surface area contributed by atoms with Crippen LogP contribution in [0.4, 0.5) is 11.4 Å². The van der Waals surface area contributed by atoms with Gasteiger partial charge in [0.2, 0.25) is 0 Å². The van der Waals surface area contributed by atoms with Gasteiger partial charge in [-0.05, 0) is 52.9 Å². The van der Waals surface area contributed by atoms with Crippen molar-refractivity contribution in [2.45, 2.75) is 0 Å². The standard InChI is InChI=1S/C16H15IN2O/c1-18-9-10-19(15-8-3-2-7-14(15)18)16(20)12-5-4-6-13(17)11-12/h2-8,11H,9-10H2,1H3. The fourth-order valence-electron chi connectivity index (χ4n) is 2.49. The van der Waals surface area contributed by atoms with E-state index in [1.54, 1.807) is 0 Å². The number of fused-ring (bicyclic) bond motifs is 1. The molecule has 3 nitrogen and oxygen atoms in total. The summed E-state index contributed by atoms with van der Waals surface area (Å²) in [5.74, 6) is 0.0732. The number of hydrogen-bond acceptors (Lipinski definition) is 2. The molecule has 4 heteroatoms. The lowest BCUT2D eigenvalue weighted by molar-refractivity contribution is 0.0986. The van der Waals surface area contributed by atoms with Gasteiger partial charge in [0.15, 0.2) is 0 Å². The Morgan fingerprint density at radius 2 is 1.80 bits per heavy atom. The molecule has 0 atom stereocenters. The zero-order chi connectivity index (χ0) is 14.1. The maximum atomic E-state index is 12.7. The maximum absolute atomic E-state index is 12.7. The van der Waals surface area contributed by atoms with Gasteiger partial charge in [-0.25, -0.2) is 0 Å². The molecule has 1 heterocycles. The lowest BCUT2D eigenvalue weighted by Crippen LogP contribution is -2.42. The van der Waals surface area contributed by atoms with E-state index in [0.29, 0.717) is 0 Å². The first-order valence-corrected chi connectivity index (χ1v) is 7.62. The van der Waals surface area contributed by atoms with Gasteiger partial charge >= 0.3 is 0 Å². The van der Waals surface area contributed by atoms with Crippen LogP contribution in [0.25, 0.3) is 0 Å². The molecular formula is C16H15IN2O. The van der Waals surface area contributed by atoms with Crippen molar-refractivity contribution in [3.63, 3.8) is 0 Å². The van der Waals surface area contributed by atoms with Crippen LogP contribution in [-0.2, 0) is 0 Å². The van der Waals surface area contributed by atoms with Crippen molar-refractivity contribution in [2.75, 3.05) is 29.9 Å². The lowest BCUT2D eigenvalue weighted by Gasteiger charge is -2.35. The summed E-state index contributed by atoms with van der Waals surface area (Å²) < 4.78 is 1.08. The van der Waals surface area contributed by atoms with Crippen molar-refractivity contribution in [2.24, 2.45) is 0 Å². The number of nitrogens with zero attached hydrogens (tertiary/aromatic N) is 2. The molecule has 1 aliphatic heterocycles. The Hall–Kier alpha value is -1.56. The molecule has 20 heavy (non-hydrogen) atoms. The van der Waals surface area contributed by atoms with Crippen molar-refractivity contribution in [1.29, 1.82) is 0 Å². The first-order chi connectivity index (χ1) is 9.66. The monoisotopic (exact) mass is 378 g/mol. The number of carbonyl (C=O) groups is 1. The minimum Gasteiger partial charge on any atom is -0.371 e. The van der Waals surface area contributed by atoms with Crippen molar-refractivity contribution in [3.05, 3.63) is 57.7 Å². The average molecular weight is 378 g/mol. The van der Waals surface area contributed by atoms with Crippen LogP contribution in [-0.4, -0.2) is 26.0 Å². The Morgan fingerprint density at radius 3 is 2.55 bits per heavy atom. The molecule has 0 fully saturated rings. The third kappa shape index (κ3) is 2.40. The van der Waals surface area contributed by atoms with Crippen LogP contribution < -0.4 is 9.80 Å². The van der Waals surface area contributed by atoms with E-state index in [-0.39, 0.29) is 5.91 Å². The van der Waals surface area contributed by atoms with E-state index in [0.717, 1.165) is 33.6 Å². The SMILES string of the molecule is CN1CCN(C(=O)c2cccc(I)c2)c2ccccc21. The molecule has 0 N–H and O–H groups in total. The van der Waals surface area contributed by atoms with Crippen LogP contribution in [0.1, 0.15) is 10.4 Å². The van der Waals surface area contributed by atoms with E-state index in [2.05, 4.69) is 40.6 Å². The van der Waals surface area contributed by atoms with Gasteiger partial charge in [0, 0.05) is 29.3 Å². The Morgan fingerprint density at radius 1 is 1.05 bits per heavy atom. The van der Waals surface area contributed by atoms with Crippen LogP contribution in [0.15, 0.2) is 48.5 Å². The van der Waals surface area contributed by atoms with Gasteiger partial charge in [0.1, 0.15) is 0 Å². The van der Waals surface area contributed by atoms with Crippen LogP contribution >= 0.6 is 22.6 Å². The number of rotatable bonds is 1. The fraction of sp³-hybridized carbons (Fsp3) is 0.188. The number of amides is 1. The number of likely N-dealkylation sites (N-methyl/N-ethyl adjacent to an activating group) is 1. The minimum atomic E-state index is 0.0732. The molecule has 102 valence electrons. The number of halogens is 1. The molecule has 0 spiro atoms. The van der Waals surface area contributed by atoms with Gasteiger partial charge < -0.3 is 9.80 Å². The summed E-state index contributed by atoms with van der Waals surface area (Å²) in [7, 11) is 2.06. The first kappa shape index (κ1) is 13.4. The van der Waals surface area contributed by atoms with E-state index < -0.39 is 0 Å². The second-order valence-electron chi connectivity index (χ2n) is 4.88. The predicted molar refractivity (Wildman–Crippen MR) is 90.5 cm³/mol. The molecule has 0 saturated carbocycles. The summed E-state index contributed by atoms with van der Waals surface area (Å²) in [4.78, 5) is 16.8. The fourth-order valence-corrected chi connectivity index (χ4v) is 3.04. The Labute approximate surface area is 132 Å². The average Bonchev–Trinajstić information content (AvgIpc) is 2.47. The molecule has 1 aliphatic rings. The molecule has 0 saturated heterocycles. The first-order valence-electron chi connectivity index (χ1n) is 6.54. The highest BCUT2D eigenvalue weighted by molar-refractivity contribution is 14.1. The number of hydrogen-bond donors (Lipinski definition) is 0. The Kier molecular flexibility index (Phi) is 3.65. The van der Waals surface area contributed by atoms with Crippen molar-refractivity contribution in [1.82, 2.24) is 0 Å². The van der Waals surface area contributed by atoms with Crippen molar-refractivity contribution in [3.8, 4) is 0 Å². The van der Waals surface area contributed by atoms with Crippen LogP contribution in [0.5, 0.6) is 0 Å². The summed E-state index contributed by atoms with van der Waals surface area (Å²) in [5.41, 5.74) is 2.85. The summed E-state index contributed by atoms with van der Waals surface area (Å²) in [5, 5.41) is 0. The van der Waals surface area contributed by atoms with E-state index in [1.165, 1.54) is 0 Å². The molecule has 0 bridgehead atoms. The molecule has 0 aliphatic carbocycles. The highest BCUT2D eigenvalue weighted by Gasteiger charge is 2.25. The molecule has 3 rings (SSSR count). The lowest BCUT2D eigenvalue weighted by atomic mass is 10.1. The minimum absolute atomic E-state index is 0.0732. The maximum Gasteiger partial charge on any atom is 0.258 e. The third-order valence-electron chi connectivity index (χ3n) is 3.56. The highest BCUT2D eigenvalue weighted by Crippen LogP contribution is 2.32. The summed E-state index contributed by atoms with van der Waals surface area (Å²) >= 11 is 2.23. The van der Waals surface area contributed by atoms with Gasteiger partial charge in [-0.2, -0.15) is 0 Å². The zero-order valence-electron chi connectivity index (χ0n) is 11.2. The van der Waals surface area contributed by atoms with E-state index in [9.17, 15) is 4.79 Å². The smallest absolute Gasteiger partial charge is 0.258 e. The molecule has 2 aromatic rings. The second-order valence-corrected chi connectivity index (χ2v) is 6.12. The molecule has 2 aromatic carbocycles. The number of benzene rings is 2. The number of para-hydroxylation sites is 2. The Bertz CT molecular complexity index is 656. The van der Waals surface area contributed by atoms with Gasteiger partial charge in [-0.1, -0.05) is 18.2 Å². The van der Waals surface area contributed by atoms with Crippen LogP contribution in [0.2, 0.25) is 0 Å². The number of anilines is 2. The van der Waals surface area contributed by atoms with E-state index in [4.69, 9.17) is 0 Å². The Balaban J connectivity index is 1.99.